The fraction of sp³-hybridized carbons (Fsp3) is 0.0909. The van der Waals surface area contributed by atoms with E-state index in [-0.39, 0.29) is 5.34 Å². The van der Waals surface area contributed by atoms with Gasteiger partial charge in [-0.1, -0.05) is 12.1 Å². The Morgan fingerprint density at radius 2 is 1.00 bits per heavy atom. The third-order valence-electron chi connectivity index (χ3n) is 1.13. The number of alkyl halides is 2. The summed E-state index contributed by atoms with van der Waals surface area (Å²) in [5.41, 5.74) is 0. The molecule has 0 aliphatic rings. The van der Waals surface area contributed by atoms with E-state index >= 15 is 0 Å². The van der Waals surface area contributed by atoms with E-state index in [1.807, 2.05) is 36.4 Å². The third-order valence-corrected chi connectivity index (χ3v) is 1.13. The molecule has 5 nitrogen and oxygen atoms in total. The first-order valence-corrected chi connectivity index (χ1v) is 7.05. The lowest BCUT2D eigenvalue weighted by molar-refractivity contribution is 0.405. The van der Waals surface area contributed by atoms with Crippen LogP contribution < -0.4 is 0 Å². The van der Waals surface area contributed by atoms with Crippen molar-refractivity contribution in [2.24, 2.45) is 0 Å². The summed E-state index contributed by atoms with van der Waals surface area (Å²) >= 11 is 9.53. The van der Waals surface area contributed by atoms with Crippen LogP contribution in [0.2, 0.25) is 0 Å². The first kappa shape index (κ1) is 20.2. The molecule has 0 spiro atoms. The topological polar surface area (TPSA) is 83.3 Å². The van der Waals surface area contributed by atoms with E-state index < -0.39 is 8.25 Å². The molecule has 0 amide bonds. The van der Waals surface area contributed by atoms with Gasteiger partial charge in [0.2, 0.25) is 0 Å². The largest absolute Gasteiger partial charge is 0.692 e. The standard InChI is InChI=1S/2C5H5N.CH2Cl2.HO3P/c2*1-2-4-6-5-3-1;2-1-3;1-4(2)3/h2*1-5H;1H2;(H-,1,2,3)/p+1. The Hall–Kier alpha value is -1.10. The van der Waals surface area contributed by atoms with Crippen LogP contribution in [0.3, 0.4) is 0 Å². The predicted molar refractivity (Wildman–Crippen MR) is 77.1 cm³/mol. The van der Waals surface area contributed by atoms with Crippen LogP contribution in [0.25, 0.3) is 0 Å². The van der Waals surface area contributed by atoms with Crippen LogP contribution in [-0.4, -0.2) is 25.1 Å². The zero-order valence-corrected chi connectivity index (χ0v) is 12.3. The molecule has 8 heteroatoms. The maximum Gasteiger partial charge on any atom is 0.692 e. The molecule has 0 atom stereocenters. The van der Waals surface area contributed by atoms with Crippen LogP contribution in [-0.2, 0) is 4.57 Å². The maximum atomic E-state index is 8.70. The highest BCUT2D eigenvalue weighted by atomic mass is 35.5. The summed E-state index contributed by atoms with van der Waals surface area (Å²) in [6, 6.07) is 11.4. The SMILES string of the molecule is ClCCl.O=[P+](O)O.c1ccncc1.c1ccncc1. The number of pyridine rings is 2. The van der Waals surface area contributed by atoms with Crippen molar-refractivity contribution in [1.29, 1.82) is 0 Å². The number of halogens is 2. The molecule has 0 fully saturated rings. The fourth-order valence-electron chi connectivity index (χ4n) is 0.625. The Morgan fingerprint density at radius 1 is 0.789 bits per heavy atom. The summed E-state index contributed by atoms with van der Waals surface area (Å²) in [7, 11) is -2.87. The van der Waals surface area contributed by atoms with Crippen LogP contribution in [0, 0.1) is 0 Å². The molecule has 2 aromatic heterocycles. The van der Waals surface area contributed by atoms with Gasteiger partial charge in [0.25, 0.3) is 0 Å². The highest BCUT2D eigenvalue weighted by Crippen LogP contribution is 1.98. The van der Waals surface area contributed by atoms with E-state index in [9.17, 15) is 0 Å². The Morgan fingerprint density at radius 3 is 1.05 bits per heavy atom. The highest BCUT2D eigenvalue weighted by molar-refractivity contribution is 7.30. The molecule has 0 saturated carbocycles. The van der Waals surface area contributed by atoms with Gasteiger partial charge >= 0.3 is 8.25 Å². The lowest BCUT2D eigenvalue weighted by atomic mass is 10.5. The van der Waals surface area contributed by atoms with E-state index in [0.29, 0.717) is 0 Å². The Kier molecular flexibility index (Phi) is 20.5. The molecular formula is C11H14Cl2N2O3P+. The summed E-state index contributed by atoms with van der Waals surface area (Å²) in [5.74, 6) is 0. The summed E-state index contributed by atoms with van der Waals surface area (Å²) in [6.07, 6.45) is 7.00. The van der Waals surface area contributed by atoms with Crippen molar-refractivity contribution in [2.75, 3.05) is 5.34 Å². The Balaban J connectivity index is 0. The minimum absolute atomic E-state index is 0.194. The monoisotopic (exact) mass is 323 g/mol. The lowest BCUT2D eigenvalue weighted by Gasteiger charge is -1.70. The number of nitrogens with zero attached hydrogens (tertiary/aromatic N) is 2. The van der Waals surface area contributed by atoms with E-state index in [1.165, 1.54) is 0 Å². The second kappa shape index (κ2) is 19.2. The normalized spacial score (nSPS) is 7.37. The second-order valence-electron chi connectivity index (χ2n) is 2.40. The molecule has 2 aromatic rings. The van der Waals surface area contributed by atoms with E-state index in [1.54, 1.807) is 24.8 Å². The molecule has 0 aliphatic carbocycles. The van der Waals surface area contributed by atoms with Crippen LogP contribution in [0.1, 0.15) is 0 Å². The summed E-state index contributed by atoms with van der Waals surface area (Å²) in [5, 5.41) is 0.194. The molecule has 2 rings (SSSR count). The lowest BCUT2D eigenvalue weighted by Crippen LogP contribution is -1.58. The van der Waals surface area contributed by atoms with Gasteiger partial charge in [0.05, 0.1) is 5.34 Å². The van der Waals surface area contributed by atoms with Crippen molar-refractivity contribution in [3.05, 3.63) is 61.2 Å². The number of rotatable bonds is 0. The molecule has 0 aliphatic heterocycles. The zero-order valence-electron chi connectivity index (χ0n) is 9.88. The molecule has 0 radical (unpaired) electrons. The van der Waals surface area contributed by atoms with Gasteiger partial charge in [0.1, 0.15) is 0 Å². The Bertz CT molecular complexity index is 293. The molecule has 0 saturated heterocycles. The summed E-state index contributed by atoms with van der Waals surface area (Å²) in [4.78, 5) is 21.8. The quantitative estimate of drug-likeness (QED) is 0.574. The molecule has 0 unspecified atom stereocenters. The summed E-state index contributed by atoms with van der Waals surface area (Å²) < 4.78 is 8.70. The van der Waals surface area contributed by atoms with Gasteiger partial charge in [-0.3, -0.25) is 9.97 Å². The van der Waals surface area contributed by atoms with Crippen LogP contribution >= 0.6 is 31.5 Å². The van der Waals surface area contributed by atoms with Crippen molar-refractivity contribution in [3.8, 4) is 0 Å². The van der Waals surface area contributed by atoms with Gasteiger partial charge in [0.15, 0.2) is 0 Å². The minimum Gasteiger partial charge on any atom is -0.265 e. The molecule has 19 heavy (non-hydrogen) atoms. The van der Waals surface area contributed by atoms with Crippen LogP contribution in [0.15, 0.2) is 61.2 Å². The van der Waals surface area contributed by atoms with Gasteiger partial charge < -0.3 is 0 Å². The van der Waals surface area contributed by atoms with Crippen molar-refractivity contribution in [3.63, 3.8) is 0 Å². The summed E-state index contributed by atoms with van der Waals surface area (Å²) in [6.45, 7) is 0. The van der Waals surface area contributed by atoms with E-state index in [0.717, 1.165) is 0 Å². The van der Waals surface area contributed by atoms with Crippen LogP contribution in [0.5, 0.6) is 0 Å². The van der Waals surface area contributed by atoms with Crippen molar-refractivity contribution in [2.45, 2.75) is 0 Å². The van der Waals surface area contributed by atoms with Gasteiger partial charge in [-0.2, -0.15) is 0 Å². The third kappa shape index (κ3) is 31.6. The predicted octanol–water partition coefficient (Wildman–Crippen LogP) is 3.21. The molecule has 0 aromatic carbocycles. The molecule has 2 heterocycles. The number of aromatic nitrogens is 2. The highest BCUT2D eigenvalue weighted by Gasteiger charge is 1.93. The number of hydrogen-bond donors (Lipinski definition) is 2. The molecule has 104 valence electrons. The zero-order chi connectivity index (χ0) is 14.8. The number of hydrogen-bond acceptors (Lipinski definition) is 3. The van der Waals surface area contributed by atoms with Crippen molar-refractivity contribution < 1.29 is 14.4 Å². The molecule has 0 bridgehead atoms. The van der Waals surface area contributed by atoms with Gasteiger partial charge in [-0.05, 0) is 24.3 Å². The second-order valence-corrected chi connectivity index (χ2v) is 3.72. The van der Waals surface area contributed by atoms with Gasteiger partial charge in [-0.25, -0.2) is 0 Å². The smallest absolute Gasteiger partial charge is 0.265 e. The maximum absolute atomic E-state index is 8.70. The minimum atomic E-state index is -2.87. The molecule has 2 N–H and O–H groups in total. The first-order chi connectivity index (χ1) is 9.15. The van der Waals surface area contributed by atoms with Gasteiger partial charge in [0, 0.05) is 29.4 Å². The van der Waals surface area contributed by atoms with Crippen molar-refractivity contribution in [1.82, 2.24) is 9.97 Å². The fourth-order valence-corrected chi connectivity index (χ4v) is 0.625. The van der Waals surface area contributed by atoms with E-state index in [2.05, 4.69) is 9.97 Å². The van der Waals surface area contributed by atoms with Crippen molar-refractivity contribution >= 4 is 31.5 Å². The average Bonchev–Trinajstić information content (AvgIpc) is 2.44. The molecular weight excluding hydrogens is 310 g/mol. The first-order valence-electron chi connectivity index (χ1n) is 4.82. The van der Waals surface area contributed by atoms with E-state index in [4.69, 9.17) is 37.6 Å². The van der Waals surface area contributed by atoms with Gasteiger partial charge in [-0.15, -0.1) is 33.0 Å². The Labute approximate surface area is 122 Å². The van der Waals surface area contributed by atoms with Crippen LogP contribution in [0.4, 0.5) is 0 Å². The average molecular weight is 324 g/mol.